The zero-order chi connectivity index (χ0) is 14.5. The Kier molecular flexibility index (Phi) is 4.14. The quantitative estimate of drug-likeness (QED) is 0.637. The number of hydrogen-bond donors (Lipinski definition) is 2. The van der Waals surface area contributed by atoms with Crippen LogP contribution in [0.2, 0.25) is 0 Å². The summed E-state index contributed by atoms with van der Waals surface area (Å²) in [5, 5.41) is 30.4. The van der Waals surface area contributed by atoms with Crippen LogP contribution in [-0.2, 0) is 0 Å². The van der Waals surface area contributed by atoms with Crippen molar-refractivity contribution in [2.45, 2.75) is 12.5 Å². The number of nitriles is 2. The van der Waals surface area contributed by atoms with Crippen LogP contribution in [0.1, 0.15) is 6.42 Å². The predicted molar refractivity (Wildman–Crippen MR) is 71.5 cm³/mol. The lowest BCUT2D eigenvalue weighted by atomic mass is 10.2. The molecule has 1 aromatic rings. The lowest BCUT2D eigenvalue weighted by molar-refractivity contribution is 0.198. The molecule has 0 aliphatic carbocycles. The number of hydrogen-bond acceptors (Lipinski definition) is 6. The summed E-state index contributed by atoms with van der Waals surface area (Å²) in [5.74, 6) is -0.449. The molecule has 1 heterocycles. The van der Waals surface area contributed by atoms with Crippen LogP contribution in [0.25, 0.3) is 0 Å². The number of aliphatic hydroxyl groups is 1. The van der Waals surface area contributed by atoms with Gasteiger partial charge in [0.25, 0.3) is 0 Å². The van der Waals surface area contributed by atoms with E-state index in [1.165, 1.54) is 12.1 Å². The molecule has 1 atom stereocenters. The molecule has 0 radical (unpaired) electrons. The van der Waals surface area contributed by atoms with Crippen LogP contribution in [0.5, 0.6) is 0 Å². The van der Waals surface area contributed by atoms with E-state index in [-0.39, 0.29) is 11.4 Å². The maximum absolute atomic E-state index is 14.0. The Morgan fingerprint density at radius 3 is 2.80 bits per heavy atom. The number of halogens is 1. The van der Waals surface area contributed by atoms with Crippen molar-refractivity contribution in [1.82, 2.24) is 0 Å². The number of para-hydroxylation sites is 1. The smallest absolute Gasteiger partial charge is 0.237 e. The van der Waals surface area contributed by atoms with Crippen LogP contribution >= 0.6 is 0 Å². The van der Waals surface area contributed by atoms with E-state index >= 15 is 0 Å². The molecule has 1 saturated heterocycles. The summed E-state index contributed by atoms with van der Waals surface area (Å²) in [6.07, 6.45) is 0.0818. The number of benzene rings is 1. The predicted octanol–water partition coefficient (Wildman–Crippen LogP) is 1.21. The van der Waals surface area contributed by atoms with Crippen LogP contribution in [0.3, 0.4) is 0 Å². The first kappa shape index (κ1) is 13.8. The van der Waals surface area contributed by atoms with E-state index in [0.717, 1.165) is 0 Å². The summed E-state index contributed by atoms with van der Waals surface area (Å²) in [7, 11) is 0. The summed E-state index contributed by atoms with van der Waals surface area (Å²) in [5.41, 5.74) is 2.81. The monoisotopic (exact) mass is 273 g/mol. The lowest BCUT2D eigenvalue weighted by Gasteiger charge is -2.21. The van der Waals surface area contributed by atoms with Gasteiger partial charge in [0.1, 0.15) is 18.0 Å². The molecule has 2 rings (SSSR count). The number of rotatable bonds is 3. The van der Waals surface area contributed by atoms with E-state index in [2.05, 4.69) is 10.5 Å². The van der Waals surface area contributed by atoms with Crippen molar-refractivity contribution in [3.8, 4) is 12.1 Å². The molecule has 0 saturated carbocycles. The van der Waals surface area contributed by atoms with Gasteiger partial charge in [0, 0.05) is 13.1 Å². The van der Waals surface area contributed by atoms with Gasteiger partial charge in [0.2, 0.25) is 5.71 Å². The van der Waals surface area contributed by atoms with E-state index in [1.807, 2.05) is 0 Å². The maximum Gasteiger partial charge on any atom is 0.237 e. The van der Waals surface area contributed by atoms with E-state index in [0.29, 0.717) is 25.2 Å². The molecule has 1 unspecified atom stereocenters. The number of hydrazone groups is 1. The van der Waals surface area contributed by atoms with Crippen molar-refractivity contribution in [2.24, 2.45) is 5.10 Å². The van der Waals surface area contributed by atoms with Crippen molar-refractivity contribution in [3.05, 3.63) is 24.0 Å². The molecular weight excluding hydrogens is 261 g/mol. The minimum Gasteiger partial charge on any atom is -0.391 e. The Labute approximate surface area is 115 Å². The summed E-state index contributed by atoms with van der Waals surface area (Å²) < 4.78 is 14.0. The van der Waals surface area contributed by atoms with E-state index in [1.54, 1.807) is 23.1 Å². The molecule has 7 heteroatoms. The lowest BCUT2D eigenvalue weighted by Crippen LogP contribution is -2.23. The highest BCUT2D eigenvalue weighted by atomic mass is 19.1. The third-order valence-electron chi connectivity index (χ3n) is 2.97. The van der Waals surface area contributed by atoms with Crippen molar-refractivity contribution in [1.29, 1.82) is 10.5 Å². The van der Waals surface area contributed by atoms with Crippen molar-refractivity contribution in [2.75, 3.05) is 23.4 Å². The van der Waals surface area contributed by atoms with E-state index < -0.39 is 11.9 Å². The fourth-order valence-corrected chi connectivity index (χ4v) is 2.06. The molecule has 2 N–H and O–H groups in total. The number of anilines is 2. The Hall–Kier alpha value is -2.64. The van der Waals surface area contributed by atoms with Crippen LogP contribution < -0.4 is 10.3 Å². The summed E-state index contributed by atoms with van der Waals surface area (Å²) in [6.45, 7) is 0.868. The van der Waals surface area contributed by atoms with Crippen LogP contribution in [-0.4, -0.2) is 30.0 Å². The number of nitrogens with zero attached hydrogens (tertiary/aromatic N) is 4. The first-order chi connectivity index (χ1) is 9.65. The fraction of sp³-hybridized carbons (Fsp3) is 0.308. The van der Waals surface area contributed by atoms with Crippen molar-refractivity contribution in [3.63, 3.8) is 0 Å². The third-order valence-corrected chi connectivity index (χ3v) is 2.97. The van der Waals surface area contributed by atoms with E-state index in [4.69, 9.17) is 10.5 Å². The molecule has 0 amide bonds. The fourth-order valence-electron chi connectivity index (χ4n) is 2.06. The van der Waals surface area contributed by atoms with E-state index in [9.17, 15) is 9.50 Å². The number of nitrogens with one attached hydrogen (secondary N) is 1. The maximum atomic E-state index is 14.0. The molecule has 1 aliphatic rings. The van der Waals surface area contributed by atoms with Gasteiger partial charge < -0.3 is 10.0 Å². The molecule has 1 aliphatic heterocycles. The minimum atomic E-state index is -0.486. The van der Waals surface area contributed by atoms with Crippen LogP contribution in [0.4, 0.5) is 15.8 Å². The van der Waals surface area contributed by atoms with Crippen LogP contribution in [0.15, 0.2) is 23.3 Å². The summed E-state index contributed by atoms with van der Waals surface area (Å²) >= 11 is 0. The van der Waals surface area contributed by atoms with Gasteiger partial charge in [-0.1, -0.05) is 6.07 Å². The molecule has 1 aromatic carbocycles. The Morgan fingerprint density at radius 2 is 2.20 bits per heavy atom. The van der Waals surface area contributed by atoms with Crippen molar-refractivity contribution < 1.29 is 9.50 Å². The van der Waals surface area contributed by atoms with Gasteiger partial charge >= 0.3 is 0 Å². The van der Waals surface area contributed by atoms with Gasteiger partial charge in [0.05, 0.1) is 17.5 Å². The average molecular weight is 273 g/mol. The molecule has 6 nitrogen and oxygen atoms in total. The highest BCUT2D eigenvalue weighted by Crippen LogP contribution is 2.31. The van der Waals surface area contributed by atoms with Gasteiger partial charge in [-0.15, -0.1) is 0 Å². The van der Waals surface area contributed by atoms with Gasteiger partial charge in [-0.2, -0.15) is 15.6 Å². The molecule has 1 fully saturated rings. The summed E-state index contributed by atoms with van der Waals surface area (Å²) in [4.78, 5) is 1.70. The van der Waals surface area contributed by atoms with Crippen LogP contribution in [0, 0.1) is 28.5 Å². The molecule has 102 valence electrons. The molecule has 0 aromatic heterocycles. The van der Waals surface area contributed by atoms with Gasteiger partial charge in [-0.25, -0.2) is 4.39 Å². The molecule has 0 spiro atoms. The molecule has 20 heavy (non-hydrogen) atoms. The first-order valence-corrected chi connectivity index (χ1v) is 6.01. The third kappa shape index (κ3) is 2.85. The number of aliphatic hydroxyl groups excluding tert-OH is 1. The highest BCUT2D eigenvalue weighted by molar-refractivity contribution is 6.10. The topological polar surface area (TPSA) is 95.4 Å². The number of β-amino-alcohol motifs (C(OH)–C–C–N with tert-alkyl or cyclic N) is 1. The zero-order valence-corrected chi connectivity index (χ0v) is 10.5. The highest BCUT2D eigenvalue weighted by Gasteiger charge is 2.24. The molecular formula is C13H12FN5O. The normalized spacial score (nSPS) is 17.2. The average Bonchev–Trinajstić information content (AvgIpc) is 2.86. The Morgan fingerprint density at radius 1 is 1.45 bits per heavy atom. The van der Waals surface area contributed by atoms with Gasteiger partial charge in [-0.3, -0.25) is 5.43 Å². The summed E-state index contributed by atoms with van der Waals surface area (Å²) in [6, 6.07) is 7.63. The second-order valence-electron chi connectivity index (χ2n) is 4.32. The Bertz CT molecular complexity index is 600. The zero-order valence-electron chi connectivity index (χ0n) is 10.5. The SMILES string of the molecule is N#CC(C#N)=NNc1cccc(F)c1N1CCC(O)C1. The van der Waals surface area contributed by atoms with Gasteiger partial charge in [0.15, 0.2) is 0 Å². The second kappa shape index (κ2) is 6.00. The standard InChI is InChI=1S/C13H12FN5O/c14-11-2-1-3-12(18-17-9(6-15)7-16)13(11)19-5-4-10(20)8-19/h1-3,10,18,20H,4-5,8H2. The van der Waals surface area contributed by atoms with Crippen molar-refractivity contribution >= 4 is 17.1 Å². The first-order valence-electron chi connectivity index (χ1n) is 6.01. The Balaban J connectivity index is 2.30. The molecule has 0 bridgehead atoms. The second-order valence-corrected chi connectivity index (χ2v) is 4.32. The van der Waals surface area contributed by atoms with Gasteiger partial charge in [-0.05, 0) is 18.6 Å². The largest absolute Gasteiger partial charge is 0.391 e. The minimum absolute atomic E-state index is 0.281.